The smallest absolute Gasteiger partial charge is 0.412 e. The van der Waals surface area contributed by atoms with Gasteiger partial charge in [0.1, 0.15) is 11.6 Å². The third kappa shape index (κ3) is 4.62. The van der Waals surface area contributed by atoms with Crippen molar-refractivity contribution in [2.45, 2.75) is 32.7 Å². The Bertz CT molecular complexity index is 1120. The molecule has 2 N–H and O–H groups in total. The maximum atomic E-state index is 15.0. The second-order valence-corrected chi connectivity index (χ2v) is 8.69. The van der Waals surface area contributed by atoms with E-state index in [1.807, 2.05) is 20.8 Å². The Morgan fingerprint density at radius 1 is 1.15 bits per heavy atom. The van der Waals surface area contributed by atoms with Gasteiger partial charge in [0.05, 0.1) is 26.3 Å². The van der Waals surface area contributed by atoms with Crippen LogP contribution in [0.5, 0.6) is 17.2 Å². The molecule has 0 fully saturated rings. The topological polar surface area (TPSA) is 101 Å². The molecule has 0 aliphatic carbocycles. The third-order valence-corrected chi connectivity index (χ3v) is 5.46. The number of carbonyl (C=O) groups excluding carboxylic acids is 2. The predicted octanol–water partition coefficient (Wildman–Crippen LogP) is 3.88. The number of ketones is 1. The summed E-state index contributed by atoms with van der Waals surface area (Å²) in [7, 11) is 4.21. The number of Topliss-reactive ketones (excluding diaryl/α,β-unsaturated/α-hetero) is 1. The van der Waals surface area contributed by atoms with Gasteiger partial charge in [-0.3, -0.25) is 10.2 Å². The lowest BCUT2D eigenvalue weighted by Gasteiger charge is -2.23. The molecule has 1 heterocycles. The molecule has 0 radical (unpaired) electrons. The minimum atomic E-state index is -0.683. The summed E-state index contributed by atoms with van der Waals surface area (Å²) < 4.78 is 30.6. The van der Waals surface area contributed by atoms with Crippen LogP contribution < -0.4 is 19.5 Å². The van der Waals surface area contributed by atoms with E-state index in [1.54, 1.807) is 24.3 Å². The fourth-order valence-electron chi connectivity index (χ4n) is 3.75. The van der Waals surface area contributed by atoms with E-state index < -0.39 is 17.3 Å². The van der Waals surface area contributed by atoms with Crippen molar-refractivity contribution in [3.05, 3.63) is 52.3 Å². The van der Waals surface area contributed by atoms with Crippen LogP contribution in [0.1, 0.15) is 47.8 Å². The molecule has 33 heavy (non-hydrogen) atoms. The number of methoxy groups -OCH3 is 2. The molecule has 2 aromatic rings. The third-order valence-electron chi connectivity index (χ3n) is 5.46. The maximum Gasteiger partial charge on any atom is 0.412 e. The molecule has 0 unspecified atom stereocenters. The number of amides is 1. The van der Waals surface area contributed by atoms with Gasteiger partial charge in [-0.2, -0.15) is 0 Å². The van der Waals surface area contributed by atoms with Crippen LogP contribution in [-0.4, -0.2) is 50.4 Å². The van der Waals surface area contributed by atoms with Gasteiger partial charge in [-0.1, -0.05) is 20.8 Å². The maximum absolute atomic E-state index is 15.0. The highest BCUT2D eigenvalue weighted by atomic mass is 19.1. The van der Waals surface area contributed by atoms with Gasteiger partial charge in [-0.15, -0.1) is 0 Å². The van der Waals surface area contributed by atoms with Crippen LogP contribution in [0.15, 0.2) is 24.3 Å². The zero-order valence-electron chi connectivity index (χ0n) is 19.6. The molecule has 0 aromatic heterocycles. The zero-order chi connectivity index (χ0) is 24.5. The van der Waals surface area contributed by atoms with Crippen molar-refractivity contribution in [3.8, 4) is 17.2 Å². The lowest BCUT2D eigenvalue weighted by molar-refractivity contribution is 0.0962. The molecule has 1 aliphatic heterocycles. The van der Waals surface area contributed by atoms with E-state index in [0.29, 0.717) is 22.4 Å². The number of nitrogens with zero attached hydrogens (tertiary/aromatic N) is 1. The van der Waals surface area contributed by atoms with E-state index in [2.05, 4.69) is 5.32 Å². The number of benzene rings is 2. The first kappa shape index (κ1) is 24.0. The molecular weight excluding hydrogens is 429 g/mol. The molecule has 9 heteroatoms. The Labute approximate surface area is 192 Å². The van der Waals surface area contributed by atoms with E-state index in [0.717, 1.165) is 0 Å². The molecule has 1 aliphatic rings. The van der Waals surface area contributed by atoms with Crippen molar-refractivity contribution in [1.29, 1.82) is 5.41 Å². The quantitative estimate of drug-likeness (QED) is 0.639. The number of nitrogens with one attached hydrogen (secondary N) is 2. The molecule has 0 saturated heterocycles. The Morgan fingerprint density at radius 3 is 2.42 bits per heavy atom. The molecule has 1 amide bonds. The van der Waals surface area contributed by atoms with Crippen LogP contribution >= 0.6 is 0 Å². The molecule has 0 bridgehead atoms. The molecule has 176 valence electrons. The van der Waals surface area contributed by atoms with Crippen LogP contribution in [-0.2, 0) is 12.0 Å². The Kier molecular flexibility index (Phi) is 6.62. The lowest BCUT2D eigenvalue weighted by Crippen LogP contribution is -2.31. The van der Waals surface area contributed by atoms with Crippen molar-refractivity contribution in [2.24, 2.45) is 0 Å². The van der Waals surface area contributed by atoms with Crippen molar-refractivity contribution >= 4 is 17.7 Å². The largest absolute Gasteiger partial charge is 0.493 e. The van der Waals surface area contributed by atoms with Gasteiger partial charge in [0.15, 0.2) is 23.1 Å². The number of carbonyl (C=O) groups is 2. The molecule has 3 rings (SSSR count). The van der Waals surface area contributed by atoms with E-state index in [-0.39, 0.29) is 41.8 Å². The number of hydrogen-bond acceptors (Lipinski definition) is 6. The first-order chi connectivity index (χ1) is 15.5. The Hall–Kier alpha value is -3.62. The lowest BCUT2D eigenvalue weighted by atomic mass is 9.85. The fraction of sp³-hybridized carbons (Fsp3) is 0.375. The average Bonchev–Trinajstić information content (AvgIpc) is 3.07. The number of rotatable bonds is 6. The van der Waals surface area contributed by atoms with Crippen molar-refractivity contribution in [2.75, 3.05) is 27.8 Å². The fourth-order valence-corrected chi connectivity index (χ4v) is 3.75. The number of ether oxygens (including phenoxy) is 3. The van der Waals surface area contributed by atoms with Crippen molar-refractivity contribution in [1.82, 2.24) is 10.2 Å². The Balaban J connectivity index is 1.87. The SMILES string of the molecule is CNC(=O)Oc1ccc(C(=O)CN2Cc3cc(OC)c(OC)c(F)c3C2=N)cc1C(C)(C)C. The van der Waals surface area contributed by atoms with Crippen LogP contribution in [0.25, 0.3) is 0 Å². The van der Waals surface area contributed by atoms with Gasteiger partial charge in [0, 0.05) is 24.7 Å². The molecular formula is C24H28FN3O5. The van der Waals surface area contributed by atoms with E-state index in [4.69, 9.17) is 19.6 Å². The number of halogens is 1. The predicted molar refractivity (Wildman–Crippen MR) is 121 cm³/mol. The second kappa shape index (κ2) is 9.09. The van der Waals surface area contributed by atoms with Gasteiger partial charge in [0.2, 0.25) is 0 Å². The zero-order valence-corrected chi connectivity index (χ0v) is 19.6. The monoisotopic (exact) mass is 457 g/mol. The summed E-state index contributed by atoms with van der Waals surface area (Å²) >= 11 is 0. The minimum Gasteiger partial charge on any atom is -0.493 e. The summed E-state index contributed by atoms with van der Waals surface area (Å²) in [4.78, 5) is 26.3. The molecule has 0 atom stereocenters. The standard InChI is InChI=1S/C24H28FN3O5/c1-24(2,3)15-9-13(7-8-17(15)33-23(30)27-4)16(29)12-28-11-14-10-18(31-5)21(32-6)20(25)19(14)22(28)26/h7-10,26H,11-12H2,1-6H3,(H,27,30). The van der Waals surface area contributed by atoms with E-state index in [1.165, 1.54) is 26.2 Å². The van der Waals surface area contributed by atoms with Crippen molar-refractivity contribution in [3.63, 3.8) is 0 Å². The molecule has 0 saturated carbocycles. The average molecular weight is 458 g/mol. The molecule has 8 nitrogen and oxygen atoms in total. The van der Waals surface area contributed by atoms with Gasteiger partial charge in [-0.05, 0) is 35.2 Å². The first-order valence-electron chi connectivity index (χ1n) is 10.4. The summed E-state index contributed by atoms with van der Waals surface area (Å²) in [6, 6.07) is 6.48. The normalized spacial score (nSPS) is 12.9. The highest BCUT2D eigenvalue weighted by molar-refractivity contribution is 6.06. The summed E-state index contributed by atoms with van der Waals surface area (Å²) in [5.74, 6) is -0.498. The summed E-state index contributed by atoms with van der Waals surface area (Å²) in [5.41, 5.74) is 1.35. The molecule has 0 spiro atoms. The minimum absolute atomic E-state index is 0.0734. The van der Waals surface area contributed by atoms with Crippen LogP contribution in [0.4, 0.5) is 9.18 Å². The first-order valence-corrected chi connectivity index (χ1v) is 10.4. The summed E-state index contributed by atoms with van der Waals surface area (Å²) in [6.45, 7) is 5.93. The second-order valence-electron chi connectivity index (χ2n) is 8.69. The van der Waals surface area contributed by atoms with E-state index in [9.17, 15) is 14.0 Å². The highest BCUT2D eigenvalue weighted by Gasteiger charge is 2.33. The summed E-state index contributed by atoms with van der Waals surface area (Å²) in [6.07, 6.45) is -0.601. The van der Waals surface area contributed by atoms with E-state index >= 15 is 0 Å². The number of fused-ring (bicyclic) bond motifs is 1. The van der Waals surface area contributed by atoms with Gasteiger partial charge >= 0.3 is 6.09 Å². The summed E-state index contributed by atoms with van der Waals surface area (Å²) in [5, 5.41) is 10.8. The molecule has 2 aromatic carbocycles. The van der Waals surface area contributed by atoms with Crippen LogP contribution in [0.3, 0.4) is 0 Å². The highest BCUT2D eigenvalue weighted by Crippen LogP contribution is 2.38. The Morgan fingerprint density at radius 2 is 1.85 bits per heavy atom. The van der Waals surface area contributed by atoms with Gasteiger partial charge < -0.3 is 24.4 Å². The van der Waals surface area contributed by atoms with Crippen LogP contribution in [0, 0.1) is 11.2 Å². The number of hydrogen-bond donors (Lipinski definition) is 2. The van der Waals surface area contributed by atoms with Gasteiger partial charge in [-0.25, -0.2) is 9.18 Å². The van der Waals surface area contributed by atoms with Crippen molar-refractivity contribution < 1.29 is 28.2 Å². The van der Waals surface area contributed by atoms with Gasteiger partial charge in [0.25, 0.3) is 0 Å². The van der Waals surface area contributed by atoms with Crippen LogP contribution in [0.2, 0.25) is 0 Å². The number of amidine groups is 1.